The summed E-state index contributed by atoms with van der Waals surface area (Å²) in [5.41, 5.74) is -0.352. The molecule has 0 aliphatic rings. The van der Waals surface area contributed by atoms with Gasteiger partial charge in [0.25, 0.3) is 0 Å². The second-order valence-corrected chi connectivity index (χ2v) is 5.85. The lowest BCUT2D eigenvalue weighted by Gasteiger charge is -2.15. The van der Waals surface area contributed by atoms with Crippen molar-refractivity contribution in [1.82, 2.24) is 5.01 Å². The van der Waals surface area contributed by atoms with Crippen LogP contribution in [0.1, 0.15) is 29.8 Å². The molecular formula is C19H16ClF2N3O2. The molecular weight excluding hydrogens is 376 g/mol. The summed E-state index contributed by atoms with van der Waals surface area (Å²) < 4.78 is 27.5. The second kappa shape index (κ2) is 8.60. The molecule has 0 bridgehead atoms. The third-order valence-electron chi connectivity index (χ3n) is 3.78. The Hall–Kier alpha value is -2.98. The summed E-state index contributed by atoms with van der Waals surface area (Å²) in [4.78, 5) is 11.7. The van der Waals surface area contributed by atoms with Crippen molar-refractivity contribution in [3.05, 3.63) is 52.0 Å². The molecule has 0 saturated carbocycles. The molecule has 5 nitrogen and oxygen atoms in total. The molecule has 2 aromatic rings. The fourth-order valence-corrected chi connectivity index (χ4v) is 2.74. The number of carboxylic acid groups (broad SMARTS) is 1. The van der Waals surface area contributed by atoms with E-state index in [-0.39, 0.29) is 33.0 Å². The Morgan fingerprint density at radius 1 is 1.22 bits per heavy atom. The van der Waals surface area contributed by atoms with Crippen LogP contribution < -0.4 is 0 Å². The van der Waals surface area contributed by atoms with Gasteiger partial charge in [0.1, 0.15) is 17.3 Å². The van der Waals surface area contributed by atoms with E-state index in [1.807, 2.05) is 13.8 Å². The van der Waals surface area contributed by atoms with E-state index in [0.717, 1.165) is 18.2 Å². The minimum Gasteiger partial charge on any atom is -0.478 e. The molecule has 0 saturated heterocycles. The van der Waals surface area contributed by atoms with E-state index in [1.165, 1.54) is 0 Å². The Morgan fingerprint density at radius 2 is 1.81 bits per heavy atom. The first-order valence-electron chi connectivity index (χ1n) is 8.01. The number of carboxylic acids is 1. The molecule has 0 fully saturated rings. The van der Waals surface area contributed by atoms with E-state index in [4.69, 9.17) is 18.0 Å². The van der Waals surface area contributed by atoms with Crippen LogP contribution >= 0.6 is 11.6 Å². The summed E-state index contributed by atoms with van der Waals surface area (Å²) in [6.45, 7) is 4.80. The summed E-state index contributed by atoms with van der Waals surface area (Å²) in [6, 6.07) is 3.80. The van der Waals surface area contributed by atoms with Gasteiger partial charge in [0.05, 0.1) is 16.1 Å². The van der Waals surface area contributed by atoms with Crippen molar-refractivity contribution in [2.45, 2.75) is 13.8 Å². The van der Waals surface area contributed by atoms with Crippen LogP contribution in [0.2, 0.25) is 5.02 Å². The third kappa shape index (κ3) is 4.41. The van der Waals surface area contributed by atoms with E-state index in [2.05, 4.69) is 16.3 Å². The van der Waals surface area contributed by atoms with Gasteiger partial charge in [0.15, 0.2) is 0 Å². The van der Waals surface area contributed by atoms with Gasteiger partial charge in [-0.3, -0.25) is 5.01 Å². The average molecular weight is 392 g/mol. The lowest BCUT2D eigenvalue weighted by atomic mass is 9.94. The maximum Gasteiger partial charge on any atom is 0.336 e. The van der Waals surface area contributed by atoms with Crippen molar-refractivity contribution in [2.75, 3.05) is 13.1 Å². The van der Waals surface area contributed by atoms with Crippen LogP contribution in [0.3, 0.4) is 0 Å². The van der Waals surface area contributed by atoms with Gasteiger partial charge in [-0.1, -0.05) is 22.7 Å². The average Bonchev–Trinajstić information content (AvgIpc) is 2.61. The number of halogens is 3. The number of hydrogen-bond donors (Lipinski definition) is 1. The van der Waals surface area contributed by atoms with Gasteiger partial charge in [0.2, 0.25) is 0 Å². The Bertz CT molecular complexity index is 931. The van der Waals surface area contributed by atoms with Crippen LogP contribution in [0.4, 0.5) is 14.5 Å². The molecule has 0 atom stereocenters. The van der Waals surface area contributed by atoms with E-state index >= 15 is 0 Å². The highest BCUT2D eigenvalue weighted by Gasteiger charge is 2.23. The number of benzene rings is 2. The molecule has 0 spiro atoms. The maximum atomic E-state index is 13.7. The number of nitrogens with zero attached hydrogens (tertiary/aromatic N) is 3. The molecule has 0 aromatic heterocycles. The van der Waals surface area contributed by atoms with Crippen molar-refractivity contribution in [2.24, 2.45) is 10.3 Å². The molecule has 140 valence electrons. The predicted molar refractivity (Wildman–Crippen MR) is 99.1 cm³/mol. The summed E-state index contributed by atoms with van der Waals surface area (Å²) in [6.07, 6.45) is 5.51. The monoisotopic (exact) mass is 391 g/mol. The smallest absolute Gasteiger partial charge is 0.336 e. The molecule has 2 aromatic carbocycles. The highest BCUT2D eigenvalue weighted by Crippen LogP contribution is 2.41. The Balaban J connectivity index is 2.89. The van der Waals surface area contributed by atoms with Crippen LogP contribution in [0.15, 0.2) is 34.6 Å². The Kier molecular flexibility index (Phi) is 6.48. The first-order valence-corrected chi connectivity index (χ1v) is 8.39. The molecule has 0 aliphatic carbocycles. The highest BCUT2D eigenvalue weighted by atomic mass is 35.5. The molecule has 27 heavy (non-hydrogen) atoms. The standard InChI is InChI=1S/C19H16ClF2N3O2/c1-4-14-16(20)10-15(19(26)27)17(11-7-12(21)9-13(22)8-11)18(14)23-24-25(5-2)6-3/h1,7-10H,5-6H2,2-3H3,(H,26,27)/b24-23+. The molecule has 8 heteroatoms. The lowest BCUT2D eigenvalue weighted by Crippen LogP contribution is -2.14. The molecule has 1 N–H and O–H groups in total. The highest BCUT2D eigenvalue weighted by molar-refractivity contribution is 6.33. The second-order valence-electron chi connectivity index (χ2n) is 5.44. The third-order valence-corrected chi connectivity index (χ3v) is 4.08. The van der Waals surface area contributed by atoms with Crippen LogP contribution in [0.25, 0.3) is 11.1 Å². The largest absolute Gasteiger partial charge is 0.478 e. The van der Waals surface area contributed by atoms with Crippen LogP contribution in [-0.4, -0.2) is 29.2 Å². The van der Waals surface area contributed by atoms with Crippen molar-refractivity contribution < 1.29 is 18.7 Å². The minimum atomic E-state index is -1.35. The van der Waals surface area contributed by atoms with Crippen LogP contribution in [-0.2, 0) is 0 Å². The zero-order chi connectivity index (χ0) is 20.1. The van der Waals surface area contributed by atoms with E-state index in [9.17, 15) is 18.7 Å². The molecule has 2 rings (SSSR count). The van der Waals surface area contributed by atoms with Crippen molar-refractivity contribution >= 4 is 23.3 Å². The fourth-order valence-electron chi connectivity index (χ4n) is 2.49. The first kappa shape index (κ1) is 20.3. The number of rotatable bonds is 6. The molecule has 0 amide bonds. The zero-order valence-electron chi connectivity index (χ0n) is 14.6. The lowest BCUT2D eigenvalue weighted by molar-refractivity contribution is 0.0697. The van der Waals surface area contributed by atoms with Gasteiger partial charge in [-0.2, -0.15) is 0 Å². The topological polar surface area (TPSA) is 65.3 Å². The summed E-state index contributed by atoms with van der Waals surface area (Å²) in [5, 5.41) is 19.2. The quantitative estimate of drug-likeness (QED) is 0.412. The van der Waals surface area contributed by atoms with Gasteiger partial charge in [-0.25, -0.2) is 13.6 Å². The molecule has 0 heterocycles. The van der Waals surface area contributed by atoms with Gasteiger partial charge in [-0.15, -0.1) is 11.5 Å². The molecule has 0 radical (unpaired) electrons. The number of carbonyl (C=O) groups is 1. The van der Waals surface area contributed by atoms with Crippen LogP contribution in [0, 0.1) is 24.0 Å². The van der Waals surface area contributed by atoms with Crippen LogP contribution in [0.5, 0.6) is 0 Å². The normalized spacial score (nSPS) is 10.8. The Morgan fingerprint density at radius 3 is 2.30 bits per heavy atom. The van der Waals surface area contributed by atoms with Gasteiger partial charge in [-0.05, 0) is 37.6 Å². The van der Waals surface area contributed by atoms with E-state index in [1.54, 1.807) is 5.01 Å². The Labute approximate surface area is 160 Å². The zero-order valence-corrected chi connectivity index (χ0v) is 15.4. The molecule has 0 unspecified atom stereocenters. The minimum absolute atomic E-state index is 0.0241. The summed E-state index contributed by atoms with van der Waals surface area (Å²) >= 11 is 6.11. The predicted octanol–water partition coefficient (Wildman–Crippen LogP) is 5.31. The molecule has 0 aliphatic heterocycles. The maximum absolute atomic E-state index is 13.7. The summed E-state index contributed by atoms with van der Waals surface area (Å²) in [7, 11) is 0. The fraction of sp³-hybridized carbons (Fsp3) is 0.211. The SMILES string of the molecule is C#Cc1c(Cl)cc(C(=O)O)c(-c2cc(F)cc(F)c2)c1/N=N/N(CC)CC. The summed E-state index contributed by atoms with van der Waals surface area (Å²) in [5.74, 6) is -0.744. The van der Waals surface area contributed by atoms with Gasteiger partial charge < -0.3 is 5.11 Å². The first-order chi connectivity index (χ1) is 12.8. The van der Waals surface area contributed by atoms with Gasteiger partial charge >= 0.3 is 5.97 Å². The van der Waals surface area contributed by atoms with E-state index in [0.29, 0.717) is 19.2 Å². The number of hydrogen-bond acceptors (Lipinski definition) is 3. The number of aromatic carboxylic acids is 1. The van der Waals surface area contributed by atoms with Gasteiger partial charge in [0, 0.05) is 24.7 Å². The van der Waals surface area contributed by atoms with Crippen molar-refractivity contribution in [1.29, 1.82) is 0 Å². The van der Waals surface area contributed by atoms with Crippen molar-refractivity contribution in [3.8, 4) is 23.5 Å². The van der Waals surface area contributed by atoms with Crippen molar-refractivity contribution in [3.63, 3.8) is 0 Å². The number of terminal acetylenes is 1. The van der Waals surface area contributed by atoms with E-state index < -0.39 is 17.6 Å².